The number of furan rings is 1. The molecule has 23 heavy (non-hydrogen) atoms. The second kappa shape index (κ2) is 6.99. The number of amides is 1. The lowest BCUT2D eigenvalue weighted by atomic mass is 10.2. The van der Waals surface area contributed by atoms with Crippen molar-refractivity contribution in [3.05, 3.63) is 54.0 Å². The molecule has 0 aliphatic carbocycles. The van der Waals surface area contributed by atoms with Crippen LogP contribution in [0.15, 0.2) is 52.2 Å². The maximum absolute atomic E-state index is 12.6. The standard InChI is InChI=1S/C15H14F3N3O2/c1-10(13-6-3-7-23-13)20-21-14(22)9-19-12-5-2-4-11(8-12)15(16,17)18/h2-8,19H,9H2,1H3,(H,21,22). The third-order valence-corrected chi connectivity index (χ3v) is 2.87. The molecule has 1 aromatic carbocycles. The molecule has 0 aliphatic rings. The minimum atomic E-state index is -4.43. The number of rotatable bonds is 5. The van der Waals surface area contributed by atoms with E-state index in [1.54, 1.807) is 19.1 Å². The maximum Gasteiger partial charge on any atom is 0.416 e. The molecule has 0 atom stereocenters. The Morgan fingerprint density at radius 1 is 1.26 bits per heavy atom. The Hall–Kier alpha value is -2.77. The Morgan fingerprint density at radius 3 is 2.70 bits per heavy atom. The Bertz CT molecular complexity index is 694. The number of hydrogen-bond donors (Lipinski definition) is 2. The van der Waals surface area contributed by atoms with E-state index in [9.17, 15) is 18.0 Å². The molecule has 0 spiro atoms. The summed E-state index contributed by atoms with van der Waals surface area (Å²) in [6.07, 6.45) is -2.95. The van der Waals surface area contributed by atoms with Crippen LogP contribution in [0.25, 0.3) is 0 Å². The van der Waals surface area contributed by atoms with E-state index in [1.807, 2.05) is 0 Å². The van der Waals surface area contributed by atoms with E-state index in [1.165, 1.54) is 18.4 Å². The van der Waals surface area contributed by atoms with Gasteiger partial charge in [-0.05, 0) is 37.3 Å². The first-order valence-corrected chi connectivity index (χ1v) is 6.64. The van der Waals surface area contributed by atoms with E-state index in [0.717, 1.165) is 12.1 Å². The van der Waals surface area contributed by atoms with Crippen molar-refractivity contribution >= 4 is 17.3 Å². The summed E-state index contributed by atoms with van der Waals surface area (Å²) in [7, 11) is 0. The fraction of sp³-hybridized carbons (Fsp3) is 0.200. The van der Waals surface area contributed by atoms with Gasteiger partial charge in [-0.15, -0.1) is 0 Å². The number of anilines is 1. The highest BCUT2D eigenvalue weighted by Gasteiger charge is 2.30. The molecule has 0 saturated heterocycles. The summed E-state index contributed by atoms with van der Waals surface area (Å²) >= 11 is 0. The summed E-state index contributed by atoms with van der Waals surface area (Å²) in [6, 6.07) is 7.98. The van der Waals surface area contributed by atoms with Crippen LogP contribution in [0, 0.1) is 0 Å². The van der Waals surface area contributed by atoms with Gasteiger partial charge in [0.15, 0.2) is 0 Å². The van der Waals surface area contributed by atoms with E-state index in [0.29, 0.717) is 11.5 Å². The van der Waals surface area contributed by atoms with Crippen molar-refractivity contribution in [1.82, 2.24) is 5.43 Å². The molecule has 5 nitrogen and oxygen atoms in total. The summed E-state index contributed by atoms with van der Waals surface area (Å²) in [5, 5.41) is 6.45. The van der Waals surface area contributed by atoms with Gasteiger partial charge in [0.25, 0.3) is 5.91 Å². The van der Waals surface area contributed by atoms with Gasteiger partial charge in [-0.1, -0.05) is 6.07 Å². The Kier molecular flexibility index (Phi) is 5.05. The zero-order valence-corrected chi connectivity index (χ0v) is 12.1. The molecule has 1 aromatic heterocycles. The smallest absolute Gasteiger partial charge is 0.416 e. The van der Waals surface area contributed by atoms with E-state index in [-0.39, 0.29) is 12.2 Å². The van der Waals surface area contributed by atoms with Crippen LogP contribution in [0.2, 0.25) is 0 Å². The molecular weight excluding hydrogens is 311 g/mol. The molecule has 2 aromatic rings. The van der Waals surface area contributed by atoms with Crippen LogP contribution >= 0.6 is 0 Å². The number of benzene rings is 1. The van der Waals surface area contributed by atoms with Crippen LogP contribution in [0.4, 0.5) is 18.9 Å². The molecule has 0 saturated carbocycles. The first kappa shape index (κ1) is 16.6. The highest BCUT2D eigenvalue weighted by Crippen LogP contribution is 2.30. The van der Waals surface area contributed by atoms with Crippen LogP contribution in [-0.2, 0) is 11.0 Å². The van der Waals surface area contributed by atoms with Gasteiger partial charge in [-0.3, -0.25) is 4.79 Å². The molecule has 0 unspecified atom stereocenters. The zero-order chi connectivity index (χ0) is 16.9. The highest BCUT2D eigenvalue weighted by molar-refractivity contribution is 5.96. The third kappa shape index (κ3) is 4.87. The Labute approximate surface area is 130 Å². The van der Waals surface area contributed by atoms with Crippen LogP contribution in [0.1, 0.15) is 18.2 Å². The lowest BCUT2D eigenvalue weighted by Gasteiger charge is -2.10. The second-order valence-electron chi connectivity index (χ2n) is 4.64. The first-order valence-electron chi connectivity index (χ1n) is 6.64. The van der Waals surface area contributed by atoms with Crippen LogP contribution in [0.3, 0.4) is 0 Å². The van der Waals surface area contributed by atoms with Crippen LogP contribution in [-0.4, -0.2) is 18.2 Å². The van der Waals surface area contributed by atoms with Crippen molar-refractivity contribution in [2.24, 2.45) is 5.10 Å². The number of halogens is 3. The van der Waals surface area contributed by atoms with Gasteiger partial charge >= 0.3 is 6.18 Å². The molecule has 0 fully saturated rings. The summed E-state index contributed by atoms with van der Waals surface area (Å²) in [5.41, 5.74) is 2.18. The molecule has 2 N–H and O–H groups in total. The van der Waals surface area contributed by atoms with Crippen molar-refractivity contribution in [1.29, 1.82) is 0 Å². The van der Waals surface area contributed by atoms with Crippen molar-refractivity contribution in [2.45, 2.75) is 13.1 Å². The van der Waals surface area contributed by atoms with Gasteiger partial charge in [0, 0.05) is 5.69 Å². The van der Waals surface area contributed by atoms with E-state index in [2.05, 4.69) is 15.8 Å². The quantitative estimate of drug-likeness (QED) is 0.655. The van der Waals surface area contributed by atoms with Crippen molar-refractivity contribution in [3.63, 3.8) is 0 Å². The summed E-state index contributed by atoms with van der Waals surface area (Å²) in [5.74, 6) is 0.0180. The molecule has 122 valence electrons. The first-order chi connectivity index (χ1) is 10.9. The number of carbonyl (C=O) groups is 1. The number of nitrogens with one attached hydrogen (secondary N) is 2. The number of hydrazone groups is 1. The van der Waals surface area contributed by atoms with Gasteiger partial charge < -0.3 is 9.73 Å². The van der Waals surface area contributed by atoms with Crippen molar-refractivity contribution < 1.29 is 22.4 Å². The zero-order valence-electron chi connectivity index (χ0n) is 12.1. The van der Waals surface area contributed by atoms with E-state index < -0.39 is 17.6 Å². The topological polar surface area (TPSA) is 66.6 Å². The molecular formula is C15H14F3N3O2. The normalized spacial score (nSPS) is 12.1. The minimum absolute atomic E-state index is 0.196. The predicted octanol–water partition coefficient (Wildman–Crippen LogP) is 3.25. The molecule has 0 bridgehead atoms. The maximum atomic E-state index is 12.6. The molecule has 1 heterocycles. The SMILES string of the molecule is CC(=NNC(=O)CNc1cccc(C(F)(F)F)c1)c1ccco1. The second-order valence-corrected chi connectivity index (χ2v) is 4.64. The van der Waals surface area contributed by atoms with Gasteiger partial charge in [-0.2, -0.15) is 18.3 Å². The third-order valence-electron chi connectivity index (χ3n) is 2.87. The molecule has 0 radical (unpaired) electrons. The van der Waals surface area contributed by atoms with Crippen molar-refractivity contribution in [3.8, 4) is 0 Å². The summed E-state index contributed by atoms with van der Waals surface area (Å²) in [4.78, 5) is 11.6. The van der Waals surface area contributed by atoms with Gasteiger partial charge in [-0.25, -0.2) is 5.43 Å². The van der Waals surface area contributed by atoms with Gasteiger partial charge in [0.05, 0.1) is 18.4 Å². The summed E-state index contributed by atoms with van der Waals surface area (Å²) in [6.45, 7) is 1.44. The Morgan fingerprint density at radius 2 is 2.04 bits per heavy atom. The predicted molar refractivity (Wildman–Crippen MR) is 79.0 cm³/mol. The largest absolute Gasteiger partial charge is 0.463 e. The highest BCUT2D eigenvalue weighted by atomic mass is 19.4. The average Bonchev–Trinajstić information content (AvgIpc) is 3.04. The van der Waals surface area contributed by atoms with Crippen molar-refractivity contribution in [2.75, 3.05) is 11.9 Å². The number of alkyl halides is 3. The minimum Gasteiger partial charge on any atom is -0.463 e. The average molecular weight is 325 g/mol. The fourth-order valence-corrected chi connectivity index (χ4v) is 1.71. The number of nitrogens with zero attached hydrogens (tertiary/aromatic N) is 1. The van der Waals surface area contributed by atoms with Crippen LogP contribution < -0.4 is 10.7 Å². The lowest BCUT2D eigenvalue weighted by Crippen LogP contribution is -2.26. The van der Waals surface area contributed by atoms with E-state index in [4.69, 9.17) is 4.42 Å². The monoisotopic (exact) mass is 325 g/mol. The number of carbonyl (C=O) groups excluding carboxylic acids is 1. The van der Waals surface area contributed by atoms with Gasteiger partial charge in [0.2, 0.25) is 0 Å². The van der Waals surface area contributed by atoms with E-state index >= 15 is 0 Å². The van der Waals surface area contributed by atoms with Gasteiger partial charge in [0.1, 0.15) is 11.5 Å². The fourth-order valence-electron chi connectivity index (χ4n) is 1.71. The number of hydrogen-bond acceptors (Lipinski definition) is 4. The molecule has 2 rings (SSSR count). The molecule has 1 amide bonds. The summed E-state index contributed by atoms with van der Waals surface area (Å²) < 4.78 is 42.8. The molecule has 0 aliphatic heterocycles. The Balaban J connectivity index is 1.89. The molecule has 8 heteroatoms. The van der Waals surface area contributed by atoms with Crippen LogP contribution in [0.5, 0.6) is 0 Å². The lowest BCUT2D eigenvalue weighted by molar-refractivity contribution is -0.137.